The highest BCUT2D eigenvalue weighted by Crippen LogP contribution is 2.26. The molecule has 0 radical (unpaired) electrons. The maximum atomic E-state index is 12.7. The van der Waals surface area contributed by atoms with E-state index in [9.17, 15) is 4.79 Å². The van der Waals surface area contributed by atoms with Crippen LogP contribution < -0.4 is 10.6 Å². The molecule has 0 fully saturated rings. The molecule has 5 nitrogen and oxygen atoms in total. The number of fused-ring (bicyclic) bond motifs is 1. The predicted octanol–water partition coefficient (Wildman–Crippen LogP) is 5.56. The number of H-pyrrole nitrogens is 1. The fourth-order valence-electron chi connectivity index (χ4n) is 2.88. The third kappa shape index (κ3) is 3.74. The highest BCUT2D eigenvalue weighted by Gasteiger charge is 2.14. The summed E-state index contributed by atoms with van der Waals surface area (Å²) in [6.45, 7) is 2.61. The Morgan fingerprint density at radius 2 is 2.19 bits per heavy atom. The molecule has 0 aliphatic carbocycles. The first-order valence-electron chi connectivity index (χ1n) is 8.41. The van der Waals surface area contributed by atoms with E-state index in [-0.39, 0.29) is 5.91 Å². The van der Waals surface area contributed by atoms with E-state index in [2.05, 4.69) is 36.5 Å². The van der Waals surface area contributed by atoms with Gasteiger partial charge in [0, 0.05) is 34.5 Å². The summed E-state index contributed by atoms with van der Waals surface area (Å²) in [5.74, 6) is -0.116. The minimum atomic E-state index is -0.116. The van der Waals surface area contributed by atoms with Crippen molar-refractivity contribution in [3.8, 4) is 0 Å². The number of amides is 1. The van der Waals surface area contributed by atoms with Crippen molar-refractivity contribution in [1.29, 1.82) is 0 Å². The summed E-state index contributed by atoms with van der Waals surface area (Å²) in [7, 11) is 0. The van der Waals surface area contributed by atoms with Gasteiger partial charge >= 0.3 is 0 Å². The van der Waals surface area contributed by atoms with Gasteiger partial charge < -0.3 is 15.6 Å². The summed E-state index contributed by atoms with van der Waals surface area (Å²) in [5.41, 5.74) is 4.65. The van der Waals surface area contributed by atoms with Crippen molar-refractivity contribution in [2.75, 3.05) is 10.6 Å². The molecule has 4 rings (SSSR count). The molecule has 0 bridgehead atoms. The SMILES string of the molecule is Cc1cc(NC(=O)c2sccc2NCc2c[nH]c3ncccc23)ccc1Br. The van der Waals surface area contributed by atoms with E-state index in [1.54, 1.807) is 6.20 Å². The van der Waals surface area contributed by atoms with Crippen LogP contribution in [-0.4, -0.2) is 15.9 Å². The van der Waals surface area contributed by atoms with Gasteiger partial charge in [0.1, 0.15) is 10.5 Å². The number of carbonyl (C=O) groups excluding carboxylic acids is 1. The van der Waals surface area contributed by atoms with Gasteiger partial charge in [-0.1, -0.05) is 15.9 Å². The number of nitrogens with zero attached hydrogens (tertiary/aromatic N) is 1. The zero-order valence-corrected chi connectivity index (χ0v) is 16.9. The first kappa shape index (κ1) is 17.8. The number of thiophene rings is 1. The topological polar surface area (TPSA) is 69.8 Å². The second kappa shape index (κ2) is 7.54. The average Bonchev–Trinajstić information content (AvgIpc) is 3.30. The van der Waals surface area contributed by atoms with Crippen molar-refractivity contribution in [3.63, 3.8) is 0 Å². The molecule has 0 saturated heterocycles. The third-order valence-corrected chi connectivity index (χ3v) is 6.10. The number of aromatic amines is 1. The second-order valence-corrected chi connectivity index (χ2v) is 7.92. The van der Waals surface area contributed by atoms with E-state index in [4.69, 9.17) is 0 Å². The molecular weight excluding hydrogens is 424 g/mol. The second-order valence-electron chi connectivity index (χ2n) is 6.15. The van der Waals surface area contributed by atoms with Gasteiger partial charge in [0.05, 0.1) is 5.69 Å². The molecule has 0 unspecified atom stereocenters. The van der Waals surface area contributed by atoms with Crippen molar-refractivity contribution in [1.82, 2.24) is 9.97 Å². The van der Waals surface area contributed by atoms with Crippen molar-refractivity contribution in [3.05, 3.63) is 74.6 Å². The van der Waals surface area contributed by atoms with E-state index in [0.29, 0.717) is 11.4 Å². The van der Waals surface area contributed by atoms with Crippen molar-refractivity contribution in [2.24, 2.45) is 0 Å². The van der Waals surface area contributed by atoms with Gasteiger partial charge in [0.2, 0.25) is 0 Å². The summed E-state index contributed by atoms with van der Waals surface area (Å²) in [5, 5.41) is 9.34. The molecular formula is C20H17BrN4OS. The van der Waals surface area contributed by atoms with Gasteiger partial charge in [-0.2, -0.15) is 0 Å². The molecule has 3 heterocycles. The Morgan fingerprint density at radius 1 is 1.30 bits per heavy atom. The van der Waals surface area contributed by atoms with Gasteiger partial charge in [-0.25, -0.2) is 4.98 Å². The minimum Gasteiger partial charge on any atom is -0.380 e. The average molecular weight is 441 g/mol. The van der Waals surface area contributed by atoms with Gasteiger partial charge in [-0.15, -0.1) is 11.3 Å². The van der Waals surface area contributed by atoms with Crippen molar-refractivity contribution < 1.29 is 4.79 Å². The molecule has 1 aromatic carbocycles. The lowest BCUT2D eigenvalue weighted by molar-refractivity contribution is 0.103. The number of anilines is 2. The van der Waals surface area contributed by atoms with Crippen LogP contribution in [-0.2, 0) is 6.54 Å². The van der Waals surface area contributed by atoms with E-state index in [1.165, 1.54) is 11.3 Å². The monoisotopic (exact) mass is 440 g/mol. The Hall–Kier alpha value is -2.64. The molecule has 1 amide bonds. The smallest absolute Gasteiger partial charge is 0.267 e. The molecule has 3 N–H and O–H groups in total. The largest absolute Gasteiger partial charge is 0.380 e. The summed E-state index contributed by atoms with van der Waals surface area (Å²) >= 11 is 4.90. The fourth-order valence-corrected chi connectivity index (χ4v) is 3.90. The van der Waals surface area contributed by atoms with Crippen molar-refractivity contribution >= 4 is 55.6 Å². The van der Waals surface area contributed by atoms with E-state index >= 15 is 0 Å². The Bertz CT molecular complexity index is 1120. The van der Waals surface area contributed by atoms with Crippen LogP contribution in [0.15, 0.2) is 58.6 Å². The number of rotatable bonds is 5. The molecule has 136 valence electrons. The van der Waals surface area contributed by atoms with Crippen LogP contribution >= 0.6 is 27.3 Å². The van der Waals surface area contributed by atoms with Crippen LogP contribution in [0, 0.1) is 6.92 Å². The summed E-state index contributed by atoms with van der Waals surface area (Å²) in [6, 6.07) is 11.6. The van der Waals surface area contributed by atoms with Gasteiger partial charge in [-0.05, 0) is 59.8 Å². The number of aryl methyl sites for hydroxylation is 1. The zero-order chi connectivity index (χ0) is 18.8. The minimum absolute atomic E-state index is 0.116. The predicted molar refractivity (Wildman–Crippen MR) is 115 cm³/mol. The standard InChI is InChI=1S/C20H17BrN4OS/c1-12-9-14(4-5-16(12)21)25-20(26)18-17(6-8-27-18)23-10-13-11-24-19-15(13)3-2-7-22-19/h2-9,11,23H,10H2,1H3,(H,22,24)(H,25,26). The highest BCUT2D eigenvalue weighted by atomic mass is 79.9. The summed E-state index contributed by atoms with van der Waals surface area (Å²) in [4.78, 5) is 20.8. The molecule has 4 aromatic rings. The maximum absolute atomic E-state index is 12.7. The van der Waals surface area contributed by atoms with Crippen molar-refractivity contribution in [2.45, 2.75) is 13.5 Å². The number of nitrogens with one attached hydrogen (secondary N) is 3. The molecule has 27 heavy (non-hydrogen) atoms. The number of carbonyl (C=O) groups is 1. The molecule has 7 heteroatoms. The lowest BCUT2D eigenvalue weighted by Crippen LogP contribution is -2.12. The summed E-state index contributed by atoms with van der Waals surface area (Å²) < 4.78 is 1.02. The normalized spacial score (nSPS) is 10.9. The molecule has 3 aromatic heterocycles. The first-order valence-corrected chi connectivity index (χ1v) is 10.1. The van der Waals surface area contributed by atoms with Gasteiger partial charge in [0.25, 0.3) is 5.91 Å². The number of aromatic nitrogens is 2. The Morgan fingerprint density at radius 3 is 3.04 bits per heavy atom. The molecule has 0 atom stereocenters. The highest BCUT2D eigenvalue weighted by molar-refractivity contribution is 9.10. The van der Waals surface area contributed by atoms with Crippen LogP contribution in [0.25, 0.3) is 11.0 Å². The van der Waals surface area contributed by atoms with Gasteiger partial charge in [-0.3, -0.25) is 4.79 Å². The third-order valence-electron chi connectivity index (χ3n) is 4.29. The number of hydrogen-bond acceptors (Lipinski definition) is 4. The molecule has 0 aliphatic heterocycles. The van der Waals surface area contributed by atoms with Crippen LogP contribution in [0.2, 0.25) is 0 Å². The number of pyridine rings is 1. The molecule has 0 spiro atoms. The quantitative estimate of drug-likeness (QED) is 0.380. The van der Waals surface area contributed by atoms with E-state index in [1.807, 2.05) is 54.9 Å². The first-order chi connectivity index (χ1) is 13.1. The Balaban J connectivity index is 1.48. The number of halogens is 1. The van der Waals surface area contributed by atoms with E-state index in [0.717, 1.165) is 38.0 Å². The van der Waals surface area contributed by atoms with Gasteiger partial charge in [0.15, 0.2) is 0 Å². The van der Waals surface area contributed by atoms with Crippen LogP contribution in [0.4, 0.5) is 11.4 Å². The zero-order valence-electron chi connectivity index (χ0n) is 14.5. The lowest BCUT2D eigenvalue weighted by atomic mass is 10.2. The fraction of sp³-hybridized carbons (Fsp3) is 0.100. The lowest BCUT2D eigenvalue weighted by Gasteiger charge is -2.09. The van der Waals surface area contributed by atoms with Crippen LogP contribution in [0.3, 0.4) is 0 Å². The van der Waals surface area contributed by atoms with Crippen LogP contribution in [0.5, 0.6) is 0 Å². The number of benzene rings is 1. The van der Waals surface area contributed by atoms with Crippen LogP contribution in [0.1, 0.15) is 20.8 Å². The molecule has 0 saturated carbocycles. The Labute approximate surface area is 169 Å². The number of hydrogen-bond donors (Lipinski definition) is 3. The molecule has 0 aliphatic rings. The maximum Gasteiger partial charge on any atom is 0.267 e. The van der Waals surface area contributed by atoms with E-state index < -0.39 is 0 Å². The Kier molecular flexibility index (Phi) is 4.96. The summed E-state index contributed by atoms with van der Waals surface area (Å²) in [6.07, 6.45) is 3.71.